The molecule has 0 fully saturated rings. The van der Waals surface area contributed by atoms with Crippen molar-refractivity contribution >= 4 is 39.0 Å². The summed E-state index contributed by atoms with van der Waals surface area (Å²) in [7, 11) is 0. The number of thiophene rings is 1. The van der Waals surface area contributed by atoms with E-state index in [1.807, 2.05) is 5.38 Å². The zero-order valence-electron chi connectivity index (χ0n) is 10.6. The van der Waals surface area contributed by atoms with Gasteiger partial charge in [0.25, 0.3) is 0 Å². The number of fused-ring (bicyclic) bond motifs is 2. The number of rotatable bonds is 2. The fourth-order valence-corrected chi connectivity index (χ4v) is 3.96. The van der Waals surface area contributed by atoms with Crippen LogP contribution in [0.15, 0.2) is 36.0 Å². The standard InChI is InChI=1S/C15H12ClN3S/c16-11-7-20-15-13(11)14(17-8-18-15)19-12-6-5-9-3-1-2-4-10(9)12/h1-4,7-8,12H,5-6H2,(H,17,18,19). The maximum Gasteiger partial charge on any atom is 0.140 e. The average molecular weight is 302 g/mol. The number of nitrogens with one attached hydrogen (secondary N) is 1. The third-order valence-electron chi connectivity index (χ3n) is 3.77. The lowest BCUT2D eigenvalue weighted by Gasteiger charge is -2.15. The van der Waals surface area contributed by atoms with Crippen molar-refractivity contribution in [3.8, 4) is 0 Å². The van der Waals surface area contributed by atoms with Crippen molar-refractivity contribution in [2.75, 3.05) is 5.32 Å². The number of benzene rings is 1. The van der Waals surface area contributed by atoms with Crippen LogP contribution in [0.4, 0.5) is 5.82 Å². The Labute approximate surface area is 125 Å². The summed E-state index contributed by atoms with van der Waals surface area (Å²) >= 11 is 7.80. The first-order valence-corrected chi connectivity index (χ1v) is 7.81. The van der Waals surface area contributed by atoms with Gasteiger partial charge >= 0.3 is 0 Å². The predicted octanol–water partition coefficient (Wildman–Crippen LogP) is 4.44. The number of halogens is 1. The van der Waals surface area contributed by atoms with Crippen LogP contribution in [0.25, 0.3) is 10.2 Å². The molecule has 0 amide bonds. The van der Waals surface area contributed by atoms with Gasteiger partial charge in [-0.25, -0.2) is 9.97 Å². The summed E-state index contributed by atoms with van der Waals surface area (Å²) in [5, 5.41) is 7.10. The fraction of sp³-hybridized carbons (Fsp3) is 0.200. The third-order valence-corrected chi connectivity index (χ3v) is 5.08. The highest BCUT2D eigenvalue weighted by Gasteiger charge is 2.23. The quantitative estimate of drug-likeness (QED) is 0.760. The lowest BCUT2D eigenvalue weighted by Crippen LogP contribution is -2.08. The molecule has 1 unspecified atom stereocenters. The molecule has 0 radical (unpaired) electrons. The van der Waals surface area contributed by atoms with E-state index in [0.717, 1.165) is 33.9 Å². The summed E-state index contributed by atoms with van der Waals surface area (Å²) in [6, 6.07) is 8.88. The van der Waals surface area contributed by atoms with E-state index in [0.29, 0.717) is 6.04 Å². The lowest BCUT2D eigenvalue weighted by atomic mass is 10.1. The minimum atomic E-state index is 0.306. The van der Waals surface area contributed by atoms with Crippen LogP contribution in [0.5, 0.6) is 0 Å². The van der Waals surface area contributed by atoms with Crippen LogP contribution in [-0.2, 0) is 6.42 Å². The molecule has 100 valence electrons. The number of anilines is 1. The molecule has 3 nitrogen and oxygen atoms in total. The molecule has 0 bridgehead atoms. The number of nitrogens with zero attached hydrogens (tertiary/aromatic N) is 2. The van der Waals surface area contributed by atoms with E-state index in [1.54, 1.807) is 17.7 Å². The fourth-order valence-electron chi connectivity index (χ4n) is 2.82. The number of hydrogen-bond donors (Lipinski definition) is 1. The van der Waals surface area contributed by atoms with Crippen molar-refractivity contribution in [2.45, 2.75) is 18.9 Å². The summed E-state index contributed by atoms with van der Waals surface area (Å²) < 4.78 is 0. The van der Waals surface area contributed by atoms with Crippen LogP contribution in [0, 0.1) is 0 Å². The molecule has 20 heavy (non-hydrogen) atoms. The molecule has 1 aliphatic rings. The van der Waals surface area contributed by atoms with Gasteiger partial charge in [-0.3, -0.25) is 0 Å². The molecular weight excluding hydrogens is 290 g/mol. The van der Waals surface area contributed by atoms with Crippen molar-refractivity contribution in [3.05, 3.63) is 52.1 Å². The van der Waals surface area contributed by atoms with E-state index in [1.165, 1.54) is 11.1 Å². The Kier molecular flexibility index (Phi) is 2.86. The van der Waals surface area contributed by atoms with E-state index in [4.69, 9.17) is 11.6 Å². The molecule has 3 aromatic rings. The zero-order chi connectivity index (χ0) is 13.5. The Morgan fingerprint density at radius 3 is 3.10 bits per heavy atom. The first-order chi connectivity index (χ1) is 9.83. The molecule has 5 heteroatoms. The van der Waals surface area contributed by atoms with Crippen molar-refractivity contribution in [2.24, 2.45) is 0 Å². The van der Waals surface area contributed by atoms with Gasteiger partial charge in [-0.05, 0) is 24.0 Å². The highest BCUT2D eigenvalue weighted by Crippen LogP contribution is 2.37. The number of aryl methyl sites for hydroxylation is 1. The maximum absolute atomic E-state index is 6.25. The Morgan fingerprint density at radius 1 is 1.25 bits per heavy atom. The molecule has 1 aliphatic carbocycles. The van der Waals surface area contributed by atoms with Gasteiger partial charge < -0.3 is 5.32 Å². The van der Waals surface area contributed by atoms with Crippen molar-refractivity contribution < 1.29 is 0 Å². The van der Waals surface area contributed by atoms with Crippen LogP contribution in [-0.4, -0.2) is 9.97 Å². The molecule has 0 saturated heterocycles. The van der Waals surface area contributed by atoms with E-state index in [2.05, 4.69) is 39.6 Å². The second kappa shape index (κ2) is 4.72. The largest absolute Gasteiger partial charge is 0.363 e. The number of hydrogen-bond acceptors (Lipinski definition) is 4. The second-order valence-corrected chi connectivity index (χ2v) is 6.19. The van der Waals surface area contributed by atoms with Gasteiger partial charge in [0, 0.05) is 5.38 Å². The minimum Gasteiger partial charge on any atom is -0.363 e. The molecule has 0 saturated carbocycles. The average Bonchev–Trinajstić information content (AvgIpc) is 3.05. The van der Waals surface area contributed by atoms with Gasteiger partial charge in [0.05, 0.1) is 16.5 Å². The molecule has 2 aromatic heterocycles. The van der Waals surface area contributed by atoms with Gasteiger partial charge in [-0.1, -0.05) is 35.9 Å². The van der Waals surface area contributed by atoms with Gasteiger partial charge in [0.15, 0.2) is 0 Å². The van der Waals surface area contributed by atoms with Gasteiger partial charge in [-0.15, -0.1) is 11.3 Å². The Morgan fingerprint density at radius 2 is 2.15 bits per heavy atom. The van der Waals surface area contributed by atoms with Gasteiger partial charge in [0.1, 0.15) is 17.0 Å². The Bertz CT molecular complexity index is 784. The number of aromatic nitrogens is 2. The summed E-state index contributed by atoms with van der Waals surface area (Å²) in [6.07, 6.45) is 3.80. The van der Waals surface area contributed by atoms with Crippen LogP contribution in [0.3, 0.4) is 0 Å². The third kappa shape index (κ3) is 1.87. The van der Waals surface area contributed by atoms with Crippen LogP contribution < -0.4 is 5.32 Å². The highest BCUT2D eigenvalue weighted by molar-refractivity contribution is 7.17. The molecule has 1 N–H and O–H groups in total. The minimum absolute atomic E-state index is 0.306. The first-order valence-electron chi connectivity index (χ1n) is 6.55. The van der Waals surface area contributed by atoms with Crippen LogP contribution in [0.1, 0.15) is 23.6 Å². The van der Waals surface area contributed by atoms with E-state index < -0.39 is 0 Å². The van der Waals surface area contributed by atoms with Crippen molar-refractivity contribution in [1.82, 2.24) is 9.97 Å². The molecule has 1 atom stereocenters. The van der Waals surface area contributed by atoms with Crippen LogP contribution in [0.2, 0.25) is 5.02 Å². The summed E-state index contributed by atoms with van der Waals surface area (Å²) in [5.74, 6) is 0.836. The van der Waals surface area contributed by atoms with E-state index in [9.17, 15) is 0 Å². The summed E-state index contributed by atoms with van der Waals surface area (Å²) in [4.78, 5) is 9.57. The second-order valence-electron chi connectivity index (χ2n) is 4.92. The van der Waals surface area contributed by atoms with Crippen LogP contribution >= 0.6 is 22.9 Å². The topological polar surface area (TPSA) is 37.8 Å². The molecule has 2 heterocycles. The normalized spacial score (nSPS) is 17.4. The highest BCUT2D eigenvalue weighted by atomic mass is 35.5. The molecule has 0 spiro atoms. The predicted molar refractivity (Wildman–Crippen MR) is 83.6 cm³/mol. The van der Waals surface area contributed by atoms with Gasteiger partial charge in [-0.2, -0.15) is 0 Å². The lowest BCUT2D eigenvalue weighted by molar-refractivity contribution is 0.758. The van der Waals surface area contributed by atoms with Gasteiger partial charge in [0.2, 0.25) is 0 Å². The van der Waals surface area contributed by atoms with E-state index >= 15 is 0 Å². The Balaban J connectivity index is 1.74. The maximum atomic E-state index is 6.25. The summed E-state index contributed by atoms with van der Waals surface area (Å²) in [5.41, 5.74) is 2.79. The van der Waals surface area contributed by atoms with E-state index in [-0.39, 0.29) is 0 Å². The summed E-state index contributed by atoms with van der Waals surface area (Å²) in [6.45, 7) is 0. The monoisotopic (exact) mass is 301 g/mol. The molecule has 0 aliphatic heterocycles. The molecule has 1 aromatic carbocycles. The van der Waals surface area contributed by atoms with Crippen molar-refractivity contribution in [3.63, 3.8) is 0 Å². The smallest absolute Gasteiger partial charge is 0.140 e. The molecular formula is C15H12ClN3S. The Hall–Kier alpha value is -1.65. The van der Waals surface area contributed by atoms with Crippen molar-refractivity contribution in [1.29, 1.82) is 0 Å². The molecule has 4 rings (SSSR count). The SMILES string of the molecule is Clc1csc2ncnc(NC3CCc4ccccc43)c12. The first kappa shape index (κ1) is 12.1. The zero-order valence-corrected chi connectivity index (χ0v) is 12.2.